The Morgan fingerprint density at radius 3 is 2.57 bits per heavy atom. The first-order chi connectivity index (χ1) is 14.5. The Morgan fingerprint density at radius 1 is 1.27 bits per heavy atom. The van der Waals surface area contributed by atoms with Crippen molar-refractivity contribution in [1.82, 2.24) is 4.98 Å². The smallest absolute Gasteiger partial charge is 0.269 e. The number of ether oxygens (including phenoxy) is 2. The minimum atomic E-state index is -0.460. The monoisotopic (exact) mass is 442 g/mol. The number of methoxy groups -OCH3 is 2. The Morgan fingerprint density at radius 2 is 1.97 bits per heavy atom. The van der Waals surface area contributed by atoms with Gasteiger partial charge >= 0.3 is 0 Å². The van der Waals surface area contributed by atoms with Gasteiger partial charge < -0.3 is 14.8 Å². The van der Waals surface area contributed by atoms with E-state index in [1.54, 1.807) is 29.6 Å². The van der Waals surface area contributed by atoms with Crippen LogP contribution in [0.25, 0.3) is 16.8 Å². The minimum absolute atomic E-state index is 0.00310. The molecule has 3 rings (SSSR count). The van der Waals surface area contributed by atoms with E-state index in [0.717, 1.165) is 5.56 Å². The summed E-state index contributed by atoms with van der Waals surface area (Å²) >= 11 is 7.40. The Balaban J connectivity index is 1.86. The van der Waals surface area contributed by atoms with Crippen LogP contribution in [-0.4, -0.2) is 24.1 Å². The van der Waals surface area contributed by atoms with Gasteiger partial charge in [0, 0.05) is 41.4 Å². The first-order valence-corrected chi connectivity index (χ1v) is 9.71. The van der Waals surface area contributed by atoms with Crippen molar-refractivity contribution in [3.63, 3.8) is 0 Å². The van der Waals surface area contributed by atoms with Crippen LogP contribution in [0, 0.1) is 21.4 Å². The van der Waals surface area contributed by atoms with Crippen LogP contribution in [0.3, 0.4) is 0 Å². The van der Waals surface area contributed by atoms with Crippen molar-refractivity contribution in [2.45, 2.75) is 0 Å². The summed E-state index contributed by atoms with van der Waals surface area (Å²) in [4.78, 5) is 14.8. The van der Waals surface area contributed by atoms with Crippen LogP contribution in [0.4, 0.5) is 11.4 Å². The van der Waals surface area contributed by atoms with E-state index in [1.807, 2.05) is 0 Å². The molecule has 0 spiro atoms. The molecule has 0 fully saturated rings. The number of nitrogens with zero attached hydrogens (tertiary/aromatic N) is 3. The zero-order valence-electron chi connectivity index (χ0n) is 15.9. The molecule has 0 unspecified atom stereocenters. The molecule has 10 heteroatoms. The van der Waals surface area contributed by atoms with E-state index < -0.39 is 4.92 Å². The second kappa shape index (κ2) is 9.26. The quantitative estimate of drug-likeness (QED) is 0.297. The van der Waals surface area contributed by atoms with Crippen molar-refractivity contribution in [2.24, 2.45) is 0 Å². The van der Waals surface area contributed by atoms with Gasteiger partial charge in [-0.1, -0.05) is 11.6 Å². The van der Waals surface area contributed by atoms with Crippen LogP contribution in [0.1, 0.15) is 5.01 Å². The highest BCUT2D eigenvalue weighted by Gasteiger charge is 2.13. The fraction of sp³-hybridized carbons (Fsp3) is 0.100. The zero-order valence-corrected chi connectivity index (χ0v) is 17.5. The molecule has 30 heavy (non-hydrogen) atoms. The number of rotatable bonds is 7. The summed E-state index contributed by atoms with van der Waals surface area (Å²) in [6.45, 7) is 0. The predicted molar refractivity (Wildman–Crippen MR) is 116 cm³/mol. The summed E-state index contributed by atoms with van der Waals surface area (Å²) in [7, 11) is 3.01. The minimum Gasteiger partial charge on any atom is -0.495 e. The number of anilines is 1. The number of nitro benzene ring substituents is 1. The molecule has 152 valence electrons. The Labute approximate surface area is 181 Å². The highest BCUT2D eigenvalue weighted by Crippen LogP contribution is 2.36. The molecule has 1 aromatic heterocycles. The van der Waals surface area contributed by atoms with Gasteiger partial charge in [-0.15, -0.1) is 11.3 Å². The normalized spacial score (nSPS) is 10.9. The number of hydrogen-bond donors (Lipinski definition) is 1. The average molecular weight is 443 g/mol. The van der Waals surface area contributed by atoms with Gasteiger partial charge in [-0.2, -0.15) is 5.26 Å². The van der Waals surface area contributed by atoms with Crippen LogP contribution >= 0.6 is 22.9 Å². The number of non-ortho nitro benzene ring substituents is 1. The molecule has 8 nitrogen and oxygen atoms in total. The lowest BCUT2D eigenvalue weighted by Crippen LogP contribution is -1.96. The molecular formula is C20H15ClN4O4S. The molecule has 0 atom stereocenters. The van der Waals surface area contributed by atoms with E-state index in [1.165, 1.54) is 43.9 Å². The van der Waals surface area contributed by atoms with Crippen molar-refractivity contribution >= 4 is 39.9 Å². The Bertz CT molecular complexity index is 1150. The van der Waals surface area contributed by atoms with Gasteiger partial charge in [-0.25, -0.2) is 4.98 Å². The molecule has 0 aliphatic carbocycles. The maximum Gasteiger partial charge on any atom is 0.269 e. The largest absolute Gasteiger partial charge is 0.495 e. The van der Waals surface area contributed by atoms with Crippen molar-refractivity contribution in [3.8, 4) is 28.8 Å². The molecule has 0 saturated carbocycles. The molecule has 1 N–H and O–H groups in total. The third-order valence-corrected chi connectivity index (χ3v) is 5.25. The van der Waals surface area contributed by atoms with E-state index >= 15 is 0 Å². The van der Waals surface area contributed by atoms with Gasteiger partial charge in [-0.3, -0.25) is 10.1 Å². The number of allylic oxidation sites excluding steroid dienone is 1. The molecule has 0 amide bonds. The van der Waals surface area contributed by atoms with Crippen molar-refractivity contribution < 1.29 is 14.4 Å². The van der Waals surface area contributed by atoms with Gasteiger partial charge in [0.05, 0.1) is 35.5 Å². The van der Waals surface area contributed by atoms with E-state index in [-0.39, 0.29) is 5.69 Å². The number of benzene rings is 2. The number of thiazole rings is 1. The fourth-order valence-electron chi connectivity index (χ4n) is 2.55. The third-order valence-electron chi connectivity index (χ3n) is 4.07. The predicted octanol–water partition coefficient (Wildman–Crippen LogP) is 5.37. The molecule has 0 aliphatic heterocycles. The summed E-state index contributed by atoms with van der Waals surface area (Å²) in [6.07, 6.45) is 1.52. The van der Waals surface area contributed by atoms with Crippen molar-refractivity contribution in [1.29, 1.82) is 5.26 Å². The Hall–Kier alpha value is -3.61. The number of hydrogen-bond acceptors (Lipinski definition) is 8. The summed E-state index contributed by atoms with van der Waals surface area (Å²) in [5.41, 5.74) is 2.22. The van der Waals surface area contributed by atoms with Gasteiger partial charge in [0.2, 0.25) is 0 Å². The third kappa shape index (κ3) is 4.51. The summed E-state index contributed by atoms with van der Waals surface area (Å²) in [5.74, 6) is 0.946. The number of aromatic nitrogens is 1. The number of nitro groups is 1. The number of nitriles is 1. The summed E-state index contributed by atoms with van der Waals surface area (Å²) in [6, 6.07) is 11.5. The van der Waals surface area contributed by atoms with Crippen LogP contribution < -0.4 is 14.8 Å². The summed E-state index contributed by atoms with van der Waals surface area (Å²) in [5, 5.41) is 26.1. The van der Waals surface area contributed by atoms with E-state index in [0.29, 0.717) is 38.5 Å². The zero-order chi connectivity index (χ0) is 21.7. The van der Waals surface area contributed by atoms with Gasteiger partial charge in [0.25, 0.3) is 5.69 Å². The molecular weight excluding hydrogens is 428 g/mol. The fourth-order valence-corrected chi connectivity index (χ4v) is 3.57. The van der Waals surface area contributed by atoms with Gasteiger partial charge in [0.15, 0.2) is 0 Å². The van der Waals surface area contributed by atoms with Crippen LogP contribution in [0.5, 0.6) is 11.5 Å². The highest BCUT2D eigenvalue weighted by atomic mass is 35.5. The van der Waals surface area contributed by atoms with Gasteiger partial charge in [-0.05, 0) is 12.1 Å². The maximum absolute atomic E-state index is 10.8. The van der Waals surface area contributed by atoms with Crippen LogP contribution in [0.15, 0.2) is 48.0 Å². The lowest BCUT2D eigenvalue weighted by molar-refractivity contribution is -0.384. The van der Waals surface area contributed by atoms with E-state index in [2.05, 4.69) is 16.4 Å². The van der Waals surface area contributed by atoms with Crippen LogP contribution in [-0.2, 0) is 0 Å². The second-order valence-corrected chi connectivity index (χ2v) is 7.11. The Kier molecular flexibility index (Phi) is 6.51. The molecule has 0 bridgehead atoms. The van der Waals surface area contributed by atoms with E-state index in [4.69, 9.17) is 21.1 Å². The molecule has 0 aliphatic rings. The average Bonchev–Trinajstić information content (AvgIpc) is 3.24. The topological polar surface area (TPSA) is 110 Å². The standard InChI is InChI=1S/C20H15ClN4O4S/c1-28-18-8-16(19(29-2)7-15(18)21)23-10-13(9-22)20-24-17(11-30-20)12-3-5-14(6-4-12)25(26)27/h3-8,10-11,23H,1-2H3. The van der Waals surface area contributed by atoms with Crippen molar-refractivity contribution in [3.05, 3.63) is 68.1 Å². The highest BCUT2D eigenvalue weighted by molar-refractivity contribution is 7.11. The van der Waals surface area contributed by atoms with Crippen molar-refractivity contribution in [2.75, 3.05) is 19.5 Å². The maximum atomic E-state index is 10.8. The molecule has 1 heterocycles. The first kappa shape index (κ1) is 21.1. The molecule has 2 aromatic carbocycles. The molecule has 0 radical (unpaired) electrons. The lowest BCUT2D eigenvalue weighted by Gasteiger charge is -2.12. The molecule has 3 aromatic rings. The van der Waals surface area contributed by atoms with Crippen LogP contribution in [0.2, 0.25) is 5.02 Å². The number of halogens is 1. The number of nitrogens with one attached hydrogen (secondary N) is 1. The first-order valence-electron chi connectivity index (χ1n) is 8.46. The molecule has 0 saturated heterocycles. The summed E-state index contributed by atoms with van der Waals surface area (Å²) < 4.78 is 10.5. The SMILES string of the molecule is COc1cc(NC=C(C#N)c2nc(-c3ccc([N+](=O)[O-])cc3)cs2)c(OC)cc1Cl. The van der Waals surface area contributed by atoms with E-state index in [9.17, 15) is 15.4 Å². The lowest BCUT2D eigenvalue weighted by atomic mass is 10.1. The second-order valence-electron chi connectivity index (χ2n) is 5.84. The van der Waals surface area contributed by atoms with Gasteiger partial charge in [0.1, 0.15) is 28.1 Å².